The molecule has 0 saturated carbocycles. The summed E-state index contributed by atoms with van der Waals surface area (Å²) in [6, 6.07) is 3.10. The van der Waals surface area contributed by atoms with E-state index in [1.807, 2.05) is 0 Å². The number of halogens is 1. The number of nitrogens with zero attached hydrogens (tertiary/aromatic N) is 1. The van der Waals surface area contributed by atoms with E-state index in [1.165, 1.54) is 6.07 Å². The number of benzene rings is 1. The highest BCUT2D eigenvalue weighted by atomic mass is 35.5. The molecule has 0 spiro atoms. The summed E-state index contributed by atoms with van der Waals surface area (Å²) < 4.78 is 25.9. The molecule has 1 rings (SSSR count). The van der Waals surface area contributed by atoms with Crippen molar-refractivity contribution in [3.05, 3.63) is 28.8 Å². The van der Waals surface area contributed by atoms with E-state index in [2.05, 4.69) is 0 Å². The van der Waals surface area contributed by atoms with Gasteiger partial charge in [-0.15, -0.1) is 0 Å². The van der Waals surface area contributed by atoms with Crippen LogP contribution in [0.5, 0.6) is 0 Å². The van der Waals surface area contributed by atoms with Gasteiger partial charge < -0.3 is 10.2 Å². The van der Waals surface area contributed by atoms with Gasteiger partial charge in [-0.25, -0.2) is 13.2 Å². The highest BCUT2D eigenvalue weighted by Crippen LogP contribution is 2.24. The number of sulfonamides is 1. The van der Waals surface area contributed by atoms with E-state index in [0.29, 0.717) is 0 Å². The lowest BCUT2D eigenvalue weighted by Gasteiger charge is -2.25. The average Bonchev–Trinajstić information content (AvgIpc) is 2.34. The normalized spacial score (nSPS) is 12.1. The van der Waals surface area contributed by atoms with Crippen LogP contribution >= 0.6 is 11.6 Å². The Balaban J connectivity index is 3.28. The Morgan fingerprint density at radius 1 is 1.40 bits per heavy atom. The Morgan fingerprint density at radius 3 is 2.40 bits per heavy atom. The number of hydrogen-bond acceptors (Lipinski definition) is 4. The minimum atomic E-state index is -3.83. The third kappa shape index (κ3) is 3.49. The molecule has 0 radical (unpaired) electrons. The Morgan fingerprint density at radius 2 is 2.00 bits per heavy atom. The fourth-order valence-corrected chi connectivity index (χ4v) is 3.70. The Kier molecular flexibility index (Phi) is 5.52. The van der Waals surface area contributed by atoms with Gasteiger partial charge in [0.1, 0.15) is 0 Å². The van der Waals surface area contributed by atoms with Crippen molar-refractivity contribution in [2.24, 2.45) is 0 Å². The fourth-order valence-electron chi connectivity index (χ4n) is 1.72. The fraction of sp³-hybridized carbons (Fsp3) is 0.417. The predicted octanol–water partition coefficient (Wildman–Crippen LogP) is 1.43. The van der Waals surface area contributed by atoms with E-state index in [4.69, 9.17) is 21.8 Å². The second kappa shape index (κ2) is 6.53. The number of aliphatic hydroxyl groups excluding tert-OH is 1. The van der Waals surface area contributed by atoms with Crippen molar-refractivity contribution in [1.29, 1.82) is 0 Å². The Hall–Kier alpha value is -1.15. The molecule has 20 heavy (non-hydrogen) atoms. The van der Waals surface area contributed by atoms with Crippen LogP contribution in [0.1, 0.15) is 24.2 Å². The van der Waals surface area contributed by atoms with Crippen LogP contribution in [-0.4, -0.2) is 48.1 Å². The summed E-state index contributed by atoms with van der Waals surface area (Å²) in [5, 5.41) is 17.7. The number of rotatable bonds is 6. The van der Waals surface area contributed by atoms with E-state index in [9.17, 15) is 13.2 Å². The molecule has 6 nitrogen and oxygen atoms in total. The van der Waals surface area contributed by atoms with Gasteiger partial charge in [0.15, 0.2) is 0 Å². The zero-order valence-corrected chi connectivity index (χ0v) is 12.6. The van der Waals surface area contributed by atoms with Gasteiger partial charge in [-0.05, 0) is 32.0 Å². The van der Waals surface area contributed by atoms with E-state index in [-0.39, 0.29) is 34.7 Å². The van der Waals surface area contributed by atoms with Crippen LogP contribution in [-0.2, 0) is 10.0 Å². The first-order valence-electron chi connectivity index (χ1n) is 5.87. The summed E-state index contributed by atoms with van der Waals surface area (Å²) in [7, 11) is -3.83. The van der Waals surface area contributed by atoms with Crippen LogP contribution in [0.25, 0.3) is 0 Å². The van der Waals surface area contributed by atoms with Gasteiger partial charge in [0.25, 0.3) is 0 Å². The summed E-state index contributed by atoms with van der Waals surface area (Å²) >= 11 is 5.78. The molecule has 2 N–H and O–H groups in total. The van der Waals surface area contributed by atoms with E-state index < -0.39 is 16.0 Å². The van der Waals surface area contributed by atoms with E-state index in [0.717, 1.165) is 16.4 Å². The minimum absolute atomic E-state index is 0.0434. The molecule has 0 aliphatic heterocycles. The lowest BCUT2D eigenvalue weighted by molar-refractivity contribution is 0.0697. The van der Waals surface area contributed by atoms with Gasteiger partial charge in [-0.3, -0.25) is 0 Å². The van der Waals surface area contributed by atoms with Crippen molar-refractivity contribution in [1.82, 2.24) is 4.31 Å². The van der Waals surface area contributed by atoms with Crippen molar-refractivity contribution in [2.75, 3.05) is 13.2 Å². The predicted molar refractivity (Wildman–Crippen MR) is 74.5 cm³/mol. The van der Waals surface area contributed by atoms with Crippen molar-refractivity contribution in [3.8, 4) is 0 Å². The molecule has 1 aromatic rings. The first kappa shape index (κ1) is 16.9. The smallest absolute Gasteiger partial charge is 0.337 e. The summed E-state index contributed by atoms with van der Waals surface area (Å²) in [5.41, 5.74) is -0.163. The SMILES string of the molecule is CC(C)N(CCO)S(=O)(=O)c1ccc(C(=O)O)c(Cl)c1. The zero-order valence-electron chi connectivity index (χ0n) is 11.1. The van der Waals surface area contributed by atoms with Crippen molar-refractivity contribution in [2.45, 2.75) is 24.8 Å². The highest BCUT2D eigenvalue weighted by Gasteiger charge is 2.27. The molecule has 0 amide bonds. The van der Waals surface area contributed by atoms with Crippen LogP contribution in [0.15, 0.2) is 23.1 Å². The van der Waals surface area contributed by atoms with Crippen LogP contribution in [0, 0.1) is 0 Å². The largest absolute Gasteiger partial charge is 0.478 e. The maximum Gasteiger partial charge on any atom is 0.337 e. The number of hydrogen-bond donors (Lipinski definition) is 2. The quantitative estimate of drug-likeness (QED) is 0.826. The standard InChI is InChI=1S/C12H16ClNO5S/c1-8(2)14(5-6-15)20(18,19)9-3-4-10(12(16)17)11(13)7-9/h3-4,7-8,15H,5-6H2,1-2H3,(H,16,17). The molecule has 0 aliphatic carbocycles. The Bertz CT molecular complexity index is 600. The topological polar surface area (TPSA) is 94.9 Å². The van der Waals surface area contributed by atoms with Gasteiger partial charge >= 0.3 is 5.97 Å². The molecule has 1 aromatic carbocycles. The molecule has 0 atom stereocenters. The second-order valence-electron chi connectivity index (χ2n) is 4.38. The summed E-state index contributed by atoms with van der Waals surface area (Å²) in [5.74, 6) is -1.23. The molecule has 0 bridgehead atoms. The Labute approximate surface area is 122 Å². The second-order valence-corrected chi connectivity index (χ2v) is 6.68. The molecular formula is C12H16ClNO5S. The molecule has 0 heterocycles. The van der Waals surface area contributed by atoms with Crippen molar-refractivity contribution < 1.29 is 23.4 Å². The van der Waals surface area contributed by atoms with Gasteiger partial charge in [0.2, 0.25) is 10.0 Å². The van der Waals surface area contributed by atoms with Crippen molar-refractivity contribution >= 4 is 27.6 Å². The van der Waals surface area contributed by atoms with Gasteiger partial charge in [-0.1, -0.05) is 11.6 Å². The minimum Gasteiger partial charge on any atom is -0.478 e. The molecule has 0 saturated heterocycles. The molecule has 0 aromatic heterocycles. The first-order chi connectivity index (χ1) is 9.21. The van der Waals surface area contributed by atoms with Gasteiger partial charge in [0.05, 0.1) is 22.1 Å². The molecule has 112 valence electrons. The van der Waals surface area contributed by atoms with Crippen LogP contribution in [0.3, 0.4) is 0 Å². The zero-order chi connectivity index (χ0) is 15.5. The van der Waals surface area contributed by atoms with E-state index in [1.54, 1.807) is 13.8 Å². The monoisotopic (exact) mass is 321 g/mol. The van der Waals surface area contributed by atoms with Crippen LogP contribution in [0.2, 0.25) is 5.02 Å². The first-order valence-corrected chi connectivity index (χ1v) is 7.69. The van der Waals surface area contributed by atoms with Crippen LogP contribution < -0.4 is 0 Å². The number of carboxylic acids is 1. The third-order valence-corrected chi connectivity index (χ3v) is 5.06. The molecule has 8 heteroatoms. The van der Waals surface area contributed by atoms with Crippen LogP contribution in [0.4, 0.5) is 0 Å². The summed E-state index contributed by atoms with van der Waals surface area (Å²) in [6.07, 6.45) is 0. The number of carboxylic acid groups (broad SMARTS) is 1. The maximum absolute atomic E-state index is 12.4. The average molecular weight is 322 g/mol. The molecule has 0 unspecified atom stereocenters. The van der Waals surface area contributed by atoms with E-state index >= 15 is 0 Å². The highest BCUT2D eigenvalue weighted by molar-refractivity contribution is 7.89. The number of carbonyl (C=O) groups is 1. The maximum atomic E-state index is 12.4. The molecular weight excluding hydrogens is 306 g/mol. The summed E-state index contributed by atoms with van der Waals surface area (Å²) in [6.45, 7) is 3.01. The van der Waals surface area contributed by atoms with Gasteiger partial charge in [-0.2, -0.15) is 4.31 Å². The van der Waals surface area contributed by atoms with Crippen molar-refractivity contribution in [3.63, 3.8) is 0 Å². The molecule has 0 fully saturated rings. The lowest BCUT2D eigenvalue weighted by Crippen LogP contribution is -2.38. The summed E-state index contributed by atoms with van der Waals surface area (Å²) in [4.78, 5) is 10.7. The molecule has 0 aliphatic rings. The lowest BCUT2D eigenvalue weighted by atomic mass is 10.2. The van der Waals surface area contributed by atoms with Gasteiger partial charge in [0, 0.05) is 12.6 Å². The third-order valence-electron chi connectivity index (χ3n) is 2.67. The number of aromatic carboxylic acids is 1. The number of aliphatic hydroxyl groups is 1.